The Balaban J connectivity index is 1.82. The zero-order chi connectivity index (χ0) is 13.0. The lowest BCUT2D eigenvalue weighted by atomic mass is 10.1. The van der Waals surface area contributed by atoms with Gasteiger partial charge < -0.3 is 0 Å². The van der Waals surface area contributed by atoms with E-state index < -0.39 is 11.7 Å². The van der Waals surface area contributed by atoms with Crippen LogP contribution in [0.1, 0.15) is 36.4 Å². The van der Waals surface area contributed by atoms with Gasteiger partial charge >= 0.3 is 6.18 Å². The van der Waals surface area contributed by atoms with Gasteiger partial charge in [0.05, 0.1) is 0 Å². The number of benzene rings is 1. The van der Waals surface area contributed by atoms with E-state index in [2.05, 4.69) is 21.2 Å². The number of halogens is 4. The minimum absolute atomic E-state index is 0.155. The zero-order valence-electron chi connectivity index (χ0n) is 9.65. The van der Waals surface area contributed by atoms with Crippen molar-refractivity contribution in [3.63, 3.8) is 0 Å². The number of hydrogen-bond donors (Lipinski definition) is 1. The highest BCUT2D eigenvalue weighted by molar-refractivity contribution is 9.10. The Bertz CT molecular complexity index is 480. The molecule has 0 heterocycles. The fourth-order valence-corrected chi connectivity index (χ4v) is 3.11. The molecule has 0 spiro atoms. The third-order valence-electron chi connectivity index (χ3n) is 3.93. The molecule has 0 saturated heterocycles. The number of nitrogens with one attached hydrogen (secondary N) is 1. The van der Waals surface area contributed by atoms with Crippen LogP contribution in [0.5, 0.6) is 0 Å². The molecule has 18 heavy (non-hydrogen) atoms. The van der Waals surface area contributed by atoms with Gasteiger partial charge in [-0.05, 0) is 48.9 Å². The Kier molecular flexibility index (Phi) is 2.75. The molecule has 1 unspecified atom stereocenters. The molecule has 0 bridgehead atoms. The molecular weight excluding hydrogens is 307 g/mol. The van der Waals surface area contributed by atoms with Crippen LogP contribution in [0.15, 0.2) is 22.7 Å². The minimum Gasteiger partial charge on any atom is -0.297 e. The van der Waals surface area contributed by atoms with Crippen LogP contribution in [0.4, 0.5) is 13.2 Å². The molecule has 1 atom stereocenters. The summed E-state index contributed by atoms with van der Waals surface area (Å²) in [4.78, 5) is 0. The van der Waals surface area contributed by atoms with Crippen LogP contribution in [0.3, 0.4) is 0 Å². The van der Waals surface area contributed by atoms with Crippen molar-refractivity contribution in [3.8, 4) is 0 Å². The Hall–Kier alpha value is -0.550. The van der Waals surface area contributed by atoms with Gasteiger partial charge in [-0.3, -0.25) is 5.32 Å². The zero-order valence-corrected chi connectivity index (χ0v) is 11.2. The average molecular weight is 320 g/mol. The molecule has 0 amide bonds. The maximum absolute atomic E-state index is 12.9. The van der Waals surface area contributed by atoms with E-state index in [0.29, 0.717) is 0 Å². The van der Waals surface area contributed by atoms with Crippen LogP contribution in [0.2, 0.25) is 0 Å². The van der Waals surface area contributed by atoms with E-state index in [-0.39, 0.29) is 18.9 Å². The Labute approximate surface area is 112 Å². The van der Waals surface area contributed by atoms with Gasteiger partial charge in [-0.15, -0.1) is 0 Å². The predicted molar refractivity (Wildman–Crippen MR) is 66.4 cm³/mol. The summed E-state index contributed by atoms with van der Waals surface area (Å²) in [5.41, 5.74) is 0.556. The predicted octanol–water partition coefficient (Wildman–Crippen LogP) is 4.12. The molecule has 1 aromatic carbocycles. The van der Waals surface area contributed by atoms with Crippen molar-refractivity contribution in [2.45, 2.75) is 43.4 Å². The van der Waals surface area contributed by atoms with E-state index in [1.165, 1.54) is 0 Å². The molecule has 1 fully saturated rings. The number of rotatable bonds is 2. The van der Waals surface area contributed by atoms with E-state index >= 15 is 0 Å². The van der Waals surface area contributed by atoms with Crippen LogP contribution in [0, 0.1) is 0 Å². The third kappa shape index (κ3) is 1.97. The number of hydrogen-bond acceptors (Lipinski definition) is 1. The van der Waals surface area contributed by atoms with Gasteiger partial charge in [0.15, 0.2) is 0 Å². The Morgan fingerprint density at radius 1 is 1.28 bits per heavy atom. The SMILES string of the molecule is FC(F)(F)C1(NC2CCc3cc(Br)ccc32)CC1. The maximum Gasteiger partial charge on any atom is 0.406 e. The first-order valence-corrected chi connectivity index (χ1v) is 6.83. The van der Waals surface area contributed by atoms with Crippen molar-refractivity contribution < 1.29 is 13.2 Å². The average Bonchev–Trinajstić information content (AvgIpc) is 2.96. The summed E-state index contributed by atoms with van der Waals surface area (Å²) < 4.78 is 39.7. The number of aryl methyl sites for hydroxylation is 1. The maximum atomic E-state index is 12.9. The summed E-state index contributed by atoms with van der Waals surface area (Å²) in [7, 11) is 0. The highest BCUT2D eigenvalue weighted by atomic mass is 79.9. The molecule has 3 rings (SSSR count). The van der Waals surface area contributed by atoms with Crippen molar-refractivity contribution in [1.82, 2.24) is 5.32 Å². The fourth-order valence-electron chi connectivity index (χ4n) is 2.70. The second-order valence-electron chi connectivity index (χ2n) is 5.16. The third-order valence-corrected chi connectivity index (χ3v) is 4.42. The Morgan fingerprint density at radius 3 is 2.61 bits per heavy atom. The van der Waals surface area contributed by atoms with E-state index in [4.69, 9.17) is 0 Å². The quantitative estimate of drug-likeness (QED) is 0.864. The van der Waals surface area contributed by atoms with Gasteiger partial charge in [0, 0.05) is 10.5 Å². The number of alkyl halides is 3. The summed E-state index contributed by atoms with van der Waals surface area (Å²) in [6.07, 6.45) is -2.12. The fraction of sp³-hybridized carbons (Fsp3) is 0.538. The van der Waals surface area contributed by atoms with Gasteiger partial charge in [-0.2, -0.15) is 13.2 Å². The summed E-state index contributed by atoms with van der Waals surface area (Å²) in [5.74, 6) is 0. The summed E-state index contributed by atoms with van der Waals surface area (Å²) >= 11 is 3.39. The van der Waals surface area contributed by atoms with Gasteiger partial charge in [-0.25, -0.2) is 0 Å². The van der Waals surface area contributed by atoms with Crippen LogP contribution < -0.4 is 5.32 Å². The second kappa shape index (κ2) is 3.97. The molecular formula is C13H13BrF3N. The van der Waals surface area contributed by atoms with E-state index in [9.17, 15) is 13.2 Å². The lowest BCUT2D eigenvalue weighted by Crippen LogP contribution is -2.46. The van der Waals surface area contributed by atoms with Crippen molar-refractivity contribution >= 4 is 15.9 Å². The van der Waals surface area contributed by atoms with Crippen molar-refractivity contribution in [2.24, 2.45) is 0 Å². The van der Waals surface area contributed by atoms with Crippen molar-refractivity contribution in [1.29, 1.82) is 0 Å². The van der Waals surface area contributed by atoms with Gasteiger partial charge in [0.1, 0.15) is 5.54 Å². The second-order valence-corrected chi connectivity index (χ2v) is 6.07. The first-order chi connectivity index (χ1) is 8.41. The molecule has 2 aliphatic carbocycles. The normalized spacial score (nSPS) is 25.0. The molecule has 98 valence electrons. The Morgan fingerprint density at radius 2 is 2.00 bits per heavy atom. The van der Waals surface area contributed by atoms with E-state index in [0.717, 1.165) is 28.4 Å². The van der Waals surface area contributed by atoms with E-state index in [1.54, 1.807) is 0 Å². The lowest BCUT2D eigenvalue weighted by molar-refractivity contribution is -0.168. The lowest BCUT2D eigenvalue weighted by Gasteiger charge is -2.25. The van der Waals surface area contributed by atoms with Crippen molar-refractivity contribution in [3.05, 3.63) is 33.8 Å². The highest BCUT2D eigenvalue weighted by Crippen LogP contribution is 2.51. The van der Waals surface area contributed by atoms with Gasteiger partial charge in [0.25, 0.3) is 0 Å². The molecule has 0 aromatic heterocycles. The van der Waals surface area contributed by atoms with E-state index in [1.807, 2.05) is 18.2 Å². The molecule has 5 heteroatoms. The van der Waals surface area contributed by atoms with Gasteiger partial charge in [0.2, 0.25) is 0 Å². The first-order valence-electron chi connectivity index (χ1n) is 6.04. The monoisotopic (exact) mass is 319 g/mol. The molecule has 1 saturated carbocycles. The molecule has 2 aliphatic rings. The molecule has 1 N–H and O–H groups in total. The summed E-state index contributed by atoms with van der Waals surface area (Å²) in [5, 5.41) is 2.84. The number of fused-ring (bicyclic) bond motifs is 1. The van der Waals surface area contributed by atoms with Crippen LogP contribution in [-0.4, -0.2) is 11.7 Å². The largest absolute Gasteiger partial charge is 0.406 e. The molecule has 0 aliphatic heterocycles. The minimum atomic E-state index is -4.13. The first kappa shape index (κ1) is 12.5. The molecule has 1 aromatic rings. The van der Waals surface area contributed by atoms with Crippen molar-refractivity contribution in [2.75, 3.05) is 0 Å². The van der Waals surface area contributed by atoms with Gasteiger partial charge in [-0.1, -0.05) is 22.0 Å². The topological polar surface area (TPSA) is 12.0 Å². The molecule has 0 radical (unpaired) electrons. The highest BCUT2D eigenvalue weighted by Gasteiger charge is 2.64. The van der Waals surface area contributed by atoms with Crippen LogP contribution >= 0.6 is 15.9 Å². The summed E-state index contributed by atoms with van der Waals surface area (Å²) in [6.45, 7) is 0. The summed E-state index contributed by atoms with van der Waals surface area (Å²) in [6, 6.07) is 5.67. The standard InChI is InChI=1S/C13H13BrF3N/c14-9-2-3-10-8(7-9)1-4-11(10)18-12(5-6-12)13(15,16)17/h2-3,7,11,18H,1,4-6H2. The van der Waals surface area contributed by atoms with Crippen LogP contribution in [0.25, 0.3) is 0 Å². The smallest absolute Gasteiger partial charge is 0.297 e. The molecule has 1 nitrogen and oxygen atoms in total. The van der Waals surface area contributed by atoms with Crippen LogP contribution in [-0.2, 0) is 6.42 Å².